The molecule has 8 nitrogen and oxygen atoms in total. The van der Waals surface area contributed by atoms with E-state index in [4.69, 9.17) is 27.9 Å². The highest BCUT2D eigenvalue weighted by atomic mass is 35.5. The lowest BCUT2D eigenvalue weighted by Gasteiger charge is -2.33. The highest BCUT2D eigenvalue weighted by Crippen LogP contribution is 2.39. The molecule has 1 fully saturated rings. The Morgan fingerprint density at radius 1 is 1.08 bits per heavy atom. The Hall–Kier alpha value is -3.44. The van der Waals surface area contributed by atoms with Crippen LogP contribution in [0.2, 0.25) is 10.0 Å². The van der Waals surface area contributed by atoms with Gasteiger partial charge in [-0.15, -0.1) is 13.2 Å². The number of hydrogen-bond acceptors (Lipinski definition) is 6. The summed E-state index contributed by atoms with van der Waals surface area (Å²) in [5.74, 6) is 0.365. The van der Waals surface area contributed by atoms with Gasteiger partial charge in [0, 0.05) is 43.7 Å². The molecule has 1 aliphatic heterocycles. The maximum atomic E-state index is 12.4. The zero-order chi connectivity index (χ0) is 25.7. The molecule has 1 aliphatic rings. The normalized spacial score (nSPS) is 14.3. The number of amides is 2. The molecule has 4 rings (SSSR count). The number of ether oxygens (including phenoxy) is 2. The molecule has 2 amide bonds. The lowest BCUT2D eigenvalue weighted by molar-refractivity contribution is -0.274. The Morgan fingerprint density at radius 3 is 2.53 bits per heavy atom. The van der Waals surface area contributed by atoms with Gasteiger partial charge in [-0.3, -0.25) is 4.98 Å². The van der Waals surface area contributed by atoms with Crippen molar-refractivity contribution >= 4 is 40.7 Å². The molecule has 2 N–H and O–H groups in total. The minimum Gasteiger partial charge on any atom is -0.454 e. The molecule has 36 heavy (non-hydrogen) atoms. The number of carbonyl (C=O) groups is 1. The Labute approximate surface area is 214 Å². The minimum absolute atomic E-state index is 0.0348. The number of nitrogens with one attached hydrogen (secondary N) is 2. The summed E-state index contributed by atoms with van der Waals surface area (Å²) in [7, 11) is 0. The number of anilines is 2. The van der Waals surface area contributed by atoms with Gasteiger partial charge in [0.2, 0.25) is 0 Å². The fraction of sp³-hybridized carbons (Fsp3) is 0.261. The second-order valence-electron chi connectivity index (χ2n) is 7.79. The predicted molar refractivity (Wildman–Crippen MR) is 129 cm³/mol. The van der Waals surface area contributed by atoms with E-state index in [1.807, 2.05) is 4.90 Å². The Bertz CT molecular complexity index is 1210. The van der Waals surface area contributed by atoms with Crippen LogP contribution in [-0.4, -0.2) is 41.5 Å². The maximum Gasteiger partial charge on any atom is 0.573 e. The fourth-order valence-corrected chi connectivity index (χ4v) is 4.10. The summed E-state index contributed by atoms with van der Waals surface area (Å²) >= 11 is 12.6. The Balaban J connectivity index is 1.36. The Morgan fingerprint density at radius 2 is 1.86 bits per heavy atom. The molecule has 0 aliphatic carbocycles. The number of halogens is 5. The van der Waals surface area contributed by atoms with Crippen molar-refractivity contribution in [2.75, 3.05) is 23.3 Å². The number of aromatic nitrogens is 2. The van der Waals surface area contributed by atoms with E-state index in [1.165, 1.54) is 18.3 Å². The third-order valence-electron chi connectivity index (χ3n) is 5.24. The van der Waals surface area contributed by atoms with E-state index >= 15 is 0 Å². The summed E-state index contributed by atoms with van der Waals surface area (Å²) in [5.41, 5.74) is 0.600. The zero-order valence-electron chi connectivity index (χ0n) is 18.6. The zero-order valence-corrected chi connectivity index (χ0v) is 20.1. The van der Waals surface area contributed by atoms with Gasteiger partial charge in [-0.2, -0.15) is 0 Å². The van der Waals surface area contributed by atoms with Gasteiger partial charge in [0.15, 0.2) is 11.6 Å². The standard InChI is InChI=1S/C23H20Cl2F3N5O3/c24-17-12-16(36-23(26,27)28)3-4-18(17)35-19-5-9-30-21(20(19)25)33-10-6-14(7-11-33)31-22(34)32-15-2-1-8-29-13-15/h1-5,8-9,12-14H,6-7,10-11H2,(H2,31,32,34). The van der Waals surface area contributed by atoms with Crippen molar-refractivity contribution in [3.63, 3.8) is 0 Å². The first-order valence-electron chi connectivity index (χ1n) is 10.8. The van der Waals surface area contributed by atoms with Crippen LogP contribution < -0.4 is 25.0 Å². The number of piperidine rings is 1. The molecule has 1 saturated heterocycles. The van der Waals surface area contributed by atoms with Gasteiger partial charge in [0.25, 0.3) is 0 Å². The second-order valence-corrected chi connectivity index (χ2v) is 8.58. The van der Waals surface area contributed by atoms with E-state index in [9.17, 15) is 18.0 Å². The molecule has 0 unspecified atom stereocenters. The molecule has 3 heterocycles. The summed E-state index contributed by atoms with van der Waals surface area (Å²) in [6.45, 7) is 1.16. The molecule has 0 saturated carbocycles. The lowest BCUT2D eigenvalue weighted by Crippen LogP contribution is -2.46. The second kappa shape index (κ2) is 11.1. The third kappa shape index (κ3) is 6.82. The molecule has 13 heteroatoms. The predicted octanol–water partition coefficient (Wildman–Crippen LogP) is 6.26. The van der Waals surface area contributed by atoms with Crippen molar-refractivity contribution in [2.45, 2.75) is 25.2 Å². The number of benzene rings is 1. The van der Waals surface area contributed by atoms with Gasteiger partial charge in [0.1, 0.15) is 16.5 Å². The molecule has 0 atom stereocenters. The third-order valence-corrected chi connectivity index (χ3v) is 5.89. The number of nitrogens with zero attached hydrogens (tertiary/aromatic N) is 3. The van der Waals surface area contributed by atoms with Gasteiger partial charge in [0.05, 0.1) is 16.9 Å². The smallest absolute Gasteiger partial charge is 0.454 e. The van der Waals surface area contributed by atoms with E-state index in [0.29, 0.717) is 37.4 Å². The van der Waals surface area contributed by atoms with Gasteiger partial charge in [-0.05, 0) is 37.1 Å². The molecular formula is C23H20Cl2F3N5O3. The molecule has 0 bridgehead atoms. The Kier molecular flexibility index (Phi) is 7.90. The number of alkyl halides is 3. The first-order valence-corrected chi connectivity index (χ1v) is 11.5. The summed E-state index contributed by atoms with van der Waals surface area (Å²) in [4.78, 5) is 22.5. The van der Waals surface area contributed by atoms with Crippen LogP contribution in [0.4, 0.5) is 29.5 Å². The van der Waals surface area contributed by atoms with Gasteiger partial charge in [-0.1, -0.05) is 23.2 Å². The number of carbonyl (C=O) groups excluding carboxylic acids is 1. The number of pyridine rings is 2. The van der Waals surface area contributed by atoms with E-state index in [1.54, 1.807) is 24.5 Å². The maximum absolute atomic E-state index is 12.4. The SMILES string of the molecule is O=C(Nc1cccnc1)NC1CCN(c2nccc(Oc3ccc(OC(F)(F)F)cc3Cl)c2Cl)CC1. The molecule has 0 spiro atoms. The average molecular weight is 542 g/mol. The molecule has 2 aromatic heterocycles. The van der Waals surface area contributed by atoms with Crippen LogP contribution in [0.25, 0.3) is 0 Å². The highest BCUT2D eigenvalue weighted by molar-refractivity contribution is 6.34. The first-order chi connectivity index (χ1) is 17.2. The fourth-order valence-electron chi connectivity index (χ4n) is 3.62. The van der Waals surface area contributed by atoms with Crippen LogP contribution in [-0.2, 0) is 0 Å². The highest BCUT2D eigenvalue weighted by Gasteiger charge is 2.31. The largest absolute Gasteiger partial charge is 0.573 e. The molecule has 3 aromatic rings. The number of urea groups is 1. The first kappa shape index (κ1) is 25.6. The topological polar surface area (TPSA) is 88.6 Å². The van der Waals surface area contributed by atoms with Crippen LogP contribution in [0, 0.1) is 0 Å². The van der Waals surface area contributed by atoms with Crippen molar-refractivity contribution in [3.8, 4) is 17.2 Å². The van der Waals surface area contributed by atoms with Crippen molar-refractivity contribution in [1.82, 2.24) is 15.3 Å². The minimum atomic E-state index is -4.83. The van der Waals surface area contributed by atoms with Crippen molar-refractivity contribution in [1.29, 1.82) is 0 Å². The molecule has 190 valence electrons. The van der Waals surface area contributed by atoms with E-state index in [0.717, 1.165) is 12.1 Å². The van der Waals surface area contributed by atoms with Crippen molar-refractivity contribution in [2.24, 2.45) is 0 Å². The van der Waals surface area contributed by atoms with E-state index < -0.39 is 12.1 Å². The van der Waals surface area contributed by atoms with E-state index in [-0.39, 0.29) is 33.6 Å². The van der Waals surface area contributed by atoms with Gasteiger partial charge < -0.3 is 25.0 Å². The molecule has 1 aromatic carbocycles. The van der Waals surface area contributed by atoms with Crippen LogP contribution in [0.3, 0.4) is 0 Å². The monoisotopic (exact) mass is 541 g/mol. The molecule has 0 radical (unpaired) electrons. The van der Waals surface area contributed by atoms with Gasteiger partial charge in [-0.25, -0.2) is 9.78 Å². The summed E-state index contributed by atoms with van der Waals surface area (Å²) in [5, 5.41) is 5.83. The van der Waals surface area contributed by atoms with Crippen LogP contribution >= 0.6 is 23.2 Å². The molecular weight excluding hydrogens is 522 g/mol. The quantitative estimate of drug-likeness (QED) is 0.382. The summed E-state index contributed by atoms with van der Waals surface area (Å²) in [6, 6.07) is 8.01. The number of rotatable bonds is 6. The van der Waals surface area contributed by atoms with Gasteiger partial charge >= 0.3 is 12.4 Å². The van der Waals surface area contributed by atoms with E-state index in [2.05, 4.69) is 25.3 Å². The van der Waals surface area contributed by atoms with Crippen LogP contribution in [0.1, 0.15) is 12.8 Å². The van der Waals surface area contributed by atoms with Crippen LogP contribution in [0.5, 0.6) is 17.2 Å². The van der Waals surface area contributed by atoms with Crippen molar-refractivity contribution < 1.29 is 27.4 Å². The number of hydrogen-bond donors (Lipinski definition) is 2. The lowest BCUT2D eigenvalue weighted by atomic mass is 10.1. The average Bonchev–Trinajstić information content (AvgIpc) is 2.82. The summed E-state index contributed by atoms with van der Waals surface area (Å²) < 4.78 is 46.9. The summed E-state index contributed by atoms with van der Waals surface area (Å²) in [6.07, 6.45) is 1.18. The van der Waals surface area contributed by atoms with Crippen molar-refractivity contribution in [3.05, 3.63) is 65.0 Å². The van der Waals surface area contributed by atoms with Crippen LogP contribution in [0.15, 0.2) is 55.0 Å².